The largest absolute Gasteiger partial charge is 0.429 e. The molecule has 7 heteroatoms. The van der Waals surface area contributed by atoms with Gasteiger partial charge in [-0.15, -0.1) is 0 Å². The van der Waals surface area contributed by atoms with Crippen molar-refractivity contribution in [2.75, 3.05) is 12.4 Å². The number of carbonyl (C=O) groups is 2. The van der Waals surface area contributed by atoms with Crippen molar-refractivity contribution in [2.24, 2.45) is 5.41 Å². The van der Waals surface area contributed by atoms with Gasteiger partial charge in [0.05, 0.1) is 5.52 Å². The van der Waals surface area contributed by atoms with Crippen molar-refractivity contribution in [3.8, 4) is 0 Å². The van der Waals surface area contributed by atoms with Crippen molar-refractivity contribution in [2.45, 2.75) is 12.8 Å². The number of benzene rings is 1. The van der Waals surface area contributed by atoms with E-state index in [9.17, 15) is 9.59 Å². The van der Waals surface area contributed by atoms with Crippen LogP contribution in [-0.2, 0) is 9.59 Å². The molecule has 1 aromatic heterocycles. The Morgan fingerprint density at radius 1 is 1.35 bits per heavy atom. The van der Waals surface area contributed by atoms with Gasteiger partial charge in [0.1, 0.15) is 5.41 Å². The van der Waals surface area contributed by atoms with Crippen LogP contribution in [-0.4, -0.2) is 23.8 Å². The number of carbonyl (C=O) groups excluding carboxylic acids is 2. The van der Waals surface area contributed by atoms with Crippen LogP contribution in [0.25, 0.3) is 11.1 Å². The molecule has 20 heavy (non-hydrogen) atoms. The molecule has 0 saturated heterocycles. The number of H-pyrrole nitrogens is 1. The Kier molecular flexibility index (Phi) is 2.86. The zero-order valence-corrected chi connectivity index (χ0v) is 11.6. The van der Waals surface area contributed by atoms with Crippen LogP contribution in [0.2, 0.25) is 0 Å². The third-order valence-electron chi connectivity index (χ3n) is 3.53. The highest BCUT2D eigenvalue weighted by Crippen LogP contribution is 2.46. The van der Waals surface area contributed by atoms with Crippen LogP contribution in [0.15, 0.2) is 22.6 Å². The van der Waals surface area contributed by atoms with E-state index in [1.165, 1.54) is 7.05 Å². The maximum Gasteiger partial charge on any atom is 0.266 e. The molecule has 1 aliphatic rings. The first-order valence-electron chi connectivity index (χ1n) is 6.22. The highest BCUT2D eigenvalue weighted by atomic mass is 32.1. The van der Waals surface area contributed by atoms with Crippen LogP contribution in [0, 0.1) is 10.3 Å². The van der Waals surface area contributed by atoms with Gasteiger partial charge in [0.2, 0.25) is 11.8 Å². The first-order chi connectivity index (χ1) is 9.55. The number of oxazole rings is 1. The van der Waals surface area contributed by atoms with Crippen LogP contribution in [0.3, 0.4) is 0 Å². The van der Waals surface area contributed by atoms with E-state index in [0.29, 0.717) is 24.1 Å². The standard InChI is InChI=1S/C13H13N3O3S/c1-14-10(17)13(4-5-13)11(18)15-7-2-3-8-9(6-7)19-12(20)16-8/h2-3,6H,4-5H2,1H3,(H,14,17)(H,15,18)(H,16,20). The summed E-state index contributed by atoms with van der Waals surface area (Å²) in [4.78, 5) is 27.1. The topological polar surface area (TPSA) is 87.1 Å². The average Bonchev–Trinajstić information content (AvgIpc) is 3.15. The van der Waals surface area contributed by atoms with E-state index in [1.54, 1.807) is 18.2 Å². The number of anilines is 1. The second kappa shape index (κ2) is 4.45. The Hall–Kier alpha value is -2.15. The van der Waals surface area contributed by atoms with Crippen molar-refractivity contribution in [1.82, 2.24) is 10.3 Å². The van der Waals surface area contributed by atoms with Crippen LogP contribution in [0.4, 0.5) is 5.69 Å². The number of aromatic nitrogens is 1. The fourth-order valence-corrected chi connectivity index (χ4v) is 2.40. The molecule has 1 heterocycles. The lowest BCUT2D eigenvalue weighted by Gasteiger charge is -2.13. The summed E-state index contributed by atoms with van der Waals surface area (Å²) in [6, 6.07) is 5.18. The first kappa shape index (κ1) is 12.9. The van der Waals surface area contributed by atoms with Crippen molar-refractivity contribution >= 4 is 40.8 Å². The highest BCUT2D eigenvalue weighted by molar-refractivity contribution is 7.71. The average molecular weight is 291 g/mol. The number of amides is 2. The summed E-state index contributed by atoms with van der Waals surface area (Å²) in [7, 11) is 1.53. The van der Waals surface area contributed by atoms with Gasteiger partial charge >= 0.3 is 0 Å². The maximum atomic E-state index is 12.2. The zero-order valence-electron chi connectivity index (χ0n) is 10.8. The lowest BCUT2D eigenvalue weighted by Crippen LogP contribution is -2.38. The molecule has 3 N–H and O–H groups in total. The van der Waals surface area contributed by atoms with E-state index in [-0.39, 0.29) is 16.7 Å². The number of hydrogen-bond donors (Lipinski definition) is 3. The van der Waals surface area contributed by atoms with Crippen molar-refractivity contribution in [1.29, 1.82) is 0 Å². The minimum absolute atomic E-state index is 0.241. The van der Waals surface area contributed by atoms with Crippen molar-refractivity contribution in [3.63, 3.8) is 0 Å². The Morgan fingerprint density at radius 2 is 2.10 bits per heavy atom. The number of nitrogens with one attached hydrogen (secondary N) is 3. The van der Waals surface area contributed by atoms with E-state index in [4.69, 9.17) is 16.6 Å². The van der Waals surface area contributed by atoms with E-state index in [0.717, 1.165) is 5.52 Å². The van der Waals surface area contributed by atoms with Crippen molar-refractivity contribution < 1.29 is 14.0 Å². The summed E-state index contributed by atoms with van der Waals surface area (Å²) in [6.07, 6.45) is 1.15. The summed E-state index contributed by atoms with van der Waals surface area (Å²) < 4.78 is 5.29. The molecule has 1 saturated carbocycles. The Morgan fingerprint density at radius 3 is 2.75 bits per heavy atom. The predicted molar refractivity (Wildman–Crippen MR) is 75.8 cm³/mol. The number of aromatic amines is 1. The fourth-order valence-electron chi connectivity index (χ4n) is 2.20. The maximum absolute atomic E-state index is 12.2. The van der Waals surface area contributed by atoms with Gasteiger partial charge < -0.3 is 20.0 Å². The van der Waals surface area contributed by atoms with Gasteiger partial charge in [-0.25, -0.2) is 0 Å². The molecule has 0 aliphatic heterocycles. The number of hydrogen-bond acceptors (Lipinski definition) is 4. The summed E-state index contributed by atoms with van der Waals surface area (Å²) in [6.45, 7) is 0. The third-order valence-corrected chi connectivity index (χ3v) is 3.71. The van der Waals surface area contributed by atoms with Gasteiger partial charge in [-0.2, -0.15) is 0 Å². The van der Waals surface area contributed by atoms with Crippen LogP contribution >= 0.6 is 12.2 Å². The van der Waals surface area contributed by atoms with Crippen LogP contribution in [0.5, 0.6) is 0 Å². The monoisotopic (exact) mass is 291 g/mol. The molecule has 0 bridgehead atoms. The normalized spacial score (nSPS) is 15.8. The van der Waals surface area contributed by atoms with Crippen LogP contribution in [0.1, 0.15) is 12.8 Å². The molecule has 2 aromatic rings. The summed E-state index contributed by atoms with van der Waals surface area (Å²) in [5.41, 5.74) is 0.996. The summed E-state index contributed by atoms with van der Waals surface area (Å²) >= 11 is 4.90. The second-order valence-corrected chi connectivity index (χ2v) is 5.21. The molecule has 1 fully saturated rings. The Labute approximate surface area is 119 Å². The van der Waals surface area contributed by atoms with E-state index in [1.807, 2.05) is 0 Å². The van der Waals surface area contributed by atoms with Crippen molar-refractivity contribution in [3.05, 3.63) is 23.0 Å². The third kappa shape index (κ3) is 2.00. The predicted octanol–water partition coefficient (Wildman–Crippen LogP) is 1.96. The molecule has 104 valence electrons. The highest BCUT2D eigenvalue weighted by Gasteiger charge is 2.56. The molecule has 2 amide bonds. The number of fused-ring (bicyclic) bond motifs is 1. The molecule has 1 aromatic carbocycles. The van der Waals surface area contributed by atoms with Gasteiger partial charge in [-0.05, 0) is 37.2 Å². The molecule has 0 atom stereocenters. The Balaban J connectivity index is 1.84. The van der Waals surface area contributed by atoms with Gasteiger partial charge in [-0.1, -0.05) is 0 Å². The minimum Gasteiger partial charge on any atom is -0.429 e. The lowest BCUT2D eigenvalue weighted by molar-refractivity contribution is -0.134. The molecule has 0 unspecified atom stereocenters. The molecule has 6 nitrogen and oxygen atoms in total. The Bertz CT molecular complexity index is 758. The van der Waals surface area contributed by atoms with Gasteiger partial charge in [-0.3, -0.25) is 9.59 Å². The smallest absolute Gasteiger partial charge is 0.266 e. The van der Waals surface area contributed by atoms with E-state index >= 15 is 0 Å². The molecule has 1 aliphatic carbocycles. The fraction of sp³-hybridized carbons (Fsp3) is 0.308. The molecule has 0 radical (unpaired) electrons. The lowest BCUT2D eigenvalue weighted by atomic mass is 10.1. The second-order valence-electron chi connectivity index (χ2n) is 4.84. The molecular formula is C13H13N3O3S. The quantitative estimate of drug-likeness (QED) is 0.596. The zero-order chi connectivity index (χ0) is 14.3. The minimum atomic E-state index is -0.915. The van der Waals surface area contributed by atoms with Gasteiger partial charge in [0, 0.05) is 18.8 Å². The number of rotatable bonds is 3. The summed E-state index contributed by atoms with van der Waals surface area (Å²) in [5, 5.41) is 5.28. The van der Waals surface area contributed by atoms with E-state index in [2.05, 4.69) is 15.6 Å². The molecule has 0 spiro atoms. The van der Waals surface area contributed by atoms with Crippen LogP contribution < -0.4 is 10.6 Å². The van der Waals surface area contributed by atoms with E-state index < -0.39 is 5.41 Å². The van der Waals surface area contributed by atoms with Gasteiger partial charge in [0.25, 0.3) is 4.84 Å². The first-order valence-corrected chi connectivity index (χ1v) is 6.62. The van der Waals surface area contributed by atoms with Gasteiger partial charge in [0.15, 0.2) is 5.58 Å². The molecular weight excluding hydrogens is 278 g/mol. The SMILES string of the molecule is CNC(=O)C1(C(=O)Nc2ccc3[nH]c(=S)oc3c2)CC1. The molecule has 3 rings (SSSR count). The summed E-state index contributed by atoms with van der Waals surface area (Å²) in [5.74, 6) is -0.527.